The van der Waals surface area contributed by atoms with Crippen molar-refractivity contribution >= 4 is 5.91 Å². The van der Waals surface area contributed by atoms with Gasteiger partial charge in [0.2, 0.25) is 0 Å². The first-order valence-corrected chi connectivity index (χ1v) is 11.3. The summed E-state index contributed by atoms with van der Waals surface area (Å²) in [7, 11) is 0. The number of amides is 1. The smallest absolute Gasteiger partial charge is 0.352 e. The highest BCUT2D eigenvalue weighted by molar-refractivity contribution is 5.95. The van der Waals surface area contributed by atoms with Gasteiger partial charge in [-0.25, -0.2) is 0 Å². The van der Waals surface area contributed by atoms with E-state index in [-0.39, 0.29) is 5.91 Å². The van der Waals surface area contributed by atoms with E-state index in [1.54, 1.807) is 6.20 Å². The first-order valence-electron chi connectivity index (χ1n) is 11.3. The standard InChI is InChI=1S/C22H29N3O.C3H5F3/c1-3-16(2)18-4-6-19(7-5-18)20-12-21(15-24-14-20)22(26)25-13-17-8-10-23-11-9-17;1-2-3(4,5)6/h4-7,12,14-17,23H,3,8-11,13H2,1-2H3,(H,25,26);2H2,1H3. The molecule has 0 bridgehead atoms. The second-order valence-electron chi connectivity index (χ2n) is 8.27. The second kappa shape index (κ2) is 12.6. The van der Waals surface area contributed by atoms with Gasteiger partial charge in [-0.3, -0.25) is 9.78 Å². The maximum Gasteiger partial charge on any atom is 0.388 e. The average molecular weight is 450 g/mol. The molecular formula is C25H34F3N3O. The van der Waals surface area contributed by atoms with E-state index in [4.69, 9.17) is 0 Å². The van der Waals surface area contributed by atoms with Crippen LogP contribution in [0.2, 0.25) is 0 Å². The van der Waals surface area contributed by atoms with Crippen LogP contribution in [-0.2, 0) is 0 Å². The number of rotatable bonds is 6. The van der Waals surface area contributed by atoms with Gasteiger partial charge in [-0.05, 0) is 61.4 Å². The summed E-state index contributed by atoms with van der Waals surface area (Å²) in [6.45, 7) is 8.36. The van der Waals surface area contributed by atoms with E-state index in [9.17, 15) is 18.0 Å². The number of carbonyl (C=O) groups excluding carboxylic acids is 1. The number of benzene rings is 1. The number of carbonyl (C=O) groups is 1. The van der Waals surface area contributed by atoms with Crippen molar-refractivity contribution in [2.24, 2.45) is 5.92 Å². The molecule has 1 unspecified atom stereocenters. The van der Waals surface area contributed by atoms with Gasteiger partial charge >= 0.3 is 6.18 Å². The molecule has 32 heavy (non-hydrogen) atoms. The fraction of sp³-hybridized carbons (Fsp3) is 0.520. The van der Waals surface area contributed by atoms with E-state index in [0.717, 1.165) is 56.9 Å². The number of nitrogens with one attached hydrogen (secondary N) is 2. The molecule has 1 fully saturated rings. The molecule has 0 aliphatic carbocycles. The van der Waals surface area contributed by atoms with Crippen LogP contribution in [0.25, 0.3) is 11.1 Å². The van der Waals surface area contributed by atoms with Crippen molar-refractivity contribution in [2.45, 2.75) is 58.5 Å². The number of alkyl halides is 3. The largest absolute Gasteiger partial charge is 0.388 e. The molecule has 0 radical (unpaired) electrons. The van der Waals surface area contributed by atoms with Gasteiger partial charge < -0.3 is 10.6 Å². The van der Waals surface area contributed by atoms with Crippen LogP contribution in [0.1, 0.15) is 68.3 Å². The molecule has 1 aromatic heterocycles. The molecule has 1 aliphatic heterocycles. The van der Waals surface area contributed by atoms with E-state index in [2.05, 4.69) is 53.7 Å². The Balaban J connectivity index is 0.000000534. The van der Waals surface area contributed by atoms with Crippen molar-refractivity contribution in [3.05, 3.63) is 53.9 Å². The molecule has 1 aromatic carbocycles. The lowest BCUT2D eigenvalue weighted by Gasteiger charge is -2.22. The van der Waals surface area contributed by atoms with Gasteiger partial charge in [0.1, 0.15) is 0 Å². The number of aromatic nitrogens is 1. The molecule has 2 heterocycles. The first kappa shape index (κ1) is 25.8. The van der Waals surface area contributed by atoms with Gasteiger partial charge in [0, 0.05) is 30.9 Å². The Bertz CT molecular complexity index is 831. The highest BCUT2D eigenvalue weighted by Crippen LogP contribution is 2.24. The molecule has 176 valence electrons. The minimum atomic E-state index is -3.96. The van der Waals surface area contributed by atoms with Crippen LogP contribution in [-0.4, -0.2) is 36.7 Å². The van der Waals surface area contributed by atoms with Crippen LogP contribution in [0.4, 0.5) is 13.2 Å². The molecule has 4 nitrogen and oxygen atoms in total. The van der Waals surface area contributed by atoms with Crippen molar-refractivity contribution in [3.63, 3.8) is 0 Å². The zero-order chi connectivity index (χ0) is 23.6. The van der Waals surface area contributed by atoms with Crippen molar-refractivity contribution in [1.82, 2.24) is 15.6 Å². The highest BCUT2D eigenvalue weighted by Gasteiger charge is 2.22. The Hall–Kier alpha value is -2.41. The molecule has 1 atom stereocenters. The third-order valence-corrected chi connectivity index (χ3v) is 5.84. The average Bonchev–Trinajstić information content (AvgIpc) is 2.83. The van der Waals surface area contributed by atoms with Crippen LogP contribution in [0.3, 0.4) is 0 Å². The number of hydrogen-bond donors (Lipinski definition) is 2. The lowest BCUT2D eigenvalue weighted by atomic mass is 9.96. The zero-order valence-electron chi connectivity index (χ0n) is 19.1. The summed E-state index contributed by atoms with van der Waals surface area (Å²) in [5.41, 5.74) is 4.05. The van der Waals surface area contributed by atoms with Crippen molar-refractivity contribution in [1.29, 1.82) is 0 Å². The maximum atomic E-state index is 12.5. The molecule has 1 amide bonds. The van der Waals surface area contributed by atoms with Crippen LogP contribution < -0.4 is 10.6 Å². The lowest BCUT2D eigenvalue weighted by Crippen LogP contribution is -2.36. The van der Waals surface area contributed by atoms with E-state index >= 15 is 0 Å². The van der Waals surface area contributed by atoms with Crippen LogP contribution in [0.5, 0.6) is 0 Å². The van der Waals surface area contributed by atoms with Gasteiger partial charge in [0.15, 0.2) is 0 Å². The Kier molecular flexibility index (Phi) is 10.2. The summed E-state index contributed by atoms with van der Waals surface area (Å²) >= 11 is 0. The third kappa shape index (κ3) is 8.61. The molecule has 1 aliphatic rings. The molecule has 2 aromatic rings. The summed E-state index contributed by atoms with van der Waals surface area (Å²) < 4.78 is 32.4. The normalized spacial score (nSPS) is 15.4. The Morgan fingerprint density at radius 3 is 2.31 bits per heavy atom. The SMILES string of the molecule is CCC(C)c1ccc(-c2cncc(C(=O)NCC3CCNCC3)c2)cc1.CCC(F)(F)F. The molecule has 1 saturated heterocycles. The van der Waals surface area contributed by atoms with Crippen molar-refractivity contribution in [2.75, 3.05) is 19.6 Å². The van der Waals surface area contributed by atoms with E-state index in [0.29, 0.717) is 17.4 Å². The van der Waals surface area contributed by atoms with Crippen molar-refractivity contribution in [3.8, 4) is 11.1 Å². The topological polar surface area (TPSA) is 54.0 Å². The Labute approximate surface area is 189 Å². The number of halogens is 3. The number of hydrogen-bond acceptors (Lipinski definition) is 3. The van der Waals surface area contributed by atoms with Gasteiger partial charge in [-0.1, -0.05) is 45.0 Å². The fourth-order valence-electron chi connectivity index (χ4n) is 3.39. The predicted molar refractivity (Wildman–Crippen MR) is 123 cm³/mol. The second-order valence-corrected chi connectivity index (χ2v) is 8.27. The van der Waals surface area contributed by atoms with E-state index in [1.807, 2.05) is 12.3 Å². The van der Waals surface area contributed by atoms with Crippen LogP contribution in [0.15, 0.2) is 42.7 Å². The number of piperidine rings is 1. The van der Waals surface area contributed by atoms with Crippen LogP contribution >= 0.6 is 0 Å². The Morgan fingerprint density at radius 2 is 1.75 bits per heavy atom. The van der Waals surface area contributed by atoms with E-state index < -0.39 is 12.6 Å². The predicted octanol–water partition coefficient (Wildman–Crippen LogP) is 5.95. The summed E-state index contributed by atoms with van der Waals surface area (Å²) in [6, 6.07) is 10.5. The van der Waals surface area contributed by atoms with Gasteiger partial charge in [-0.2, -0.15) is 13.2 Å². The molecule has 0 spiro atoms. The van der Waals surface area contributed by atoms with Gasteiger partial charge in [0.05, 0.1) is 5.56 Å². The lowest BCUT2D eigenvalue weighted by molar-refractivity contribution is -0.130. The number of pyridine rings is 1. The molecular weight excluding hydrogens is 415 g/mol. The summed E-state index contributed by atoms with van der Waals surface area (Å²) in [5.74, 6) is 1.10. The summed E-state index contributed by atoms with van der Waals surface area (Å²) in [4.78, 5) is 16.8. The Morgan fingerprint density at radius 1 is 1.12 bits per heavy atom. The van der Waals surface area contributed by atoms with Crippen LogP contribution in [0, 0.1) is 5.92 Å². The third-order valence-electron chi connectivity index (χ3n) is 5.84. The van der Waals surface area contributed by atoms with E-state index in [1.165, 1.54) is 5.56 Å². The number of nitrogens with zero attached hydrogens (tertiary/aromatic N) is 1. The maximum absolute atomic E-state index is 12.5. The van der Waals surface area contributed by atoms with Gasteiger partial charge in [-0.15, -0.1) is 0 Å². The summed E-state index contributed by atoms with van der Waals surface area (Å²) in [5, 5.41) is 6.42. The minimum absolute atomic E-state index is 0.0332. The molecule has 7 heteroatoms. The minimum Gasteiger partial charge on any atom is -0.352 e. The molecule has 3 rings (SSSR count). The monoisotopic (exact) mass is 449 g/mol. The highest BCUT2D eigenvalue weighted by atomic mass is 19.4. The van der Waals surface area contributed by atoms with Crippen molar-refractivity contribution < 1.29 is 18.0 Å². The van der Waals surface area contributed by atoms with Gasteiger partial charge in [0.25, 0.3) is 5.91 Å². The summed E-state index contributed by atoms with van der Waals surface area (Å²) in [6.07, 6.45) is 2.17. The molecule has 2 N–H and O–H groups in total. The fourth-order valence-corrected chi connectivity index (χ4v) is 3.39. The first-order chi connectivity index (χ1) is 15.2. The quantitative estimate of drug-likeness (QED) is 0.573. The molecule has 0 saturated carbocycles. The zero-order valence-corrected chi connectivity index (χ0v) is 19.1.